The van der Waals surface area contributed by atoms with Gasteiger partial charge in [-0.25, -0.2) is 8.42 Å². The van der Waals surface area contributed by atoms with Crippen molar-refractivity contribution in [3.63, 3.8) is 0 Å². The Morgan fingerprint density at radius 3 is 2.53 bits per heavy atom. The van der Waals surface area contributed by atoms with Crippen molar-refractivity contribution in [1.29, 1.82) is 0 Å². The summed E-state index contributed by atoms with van der Waals surface area (Å²) in [5, 5.41) is 0. The predicted octanol–water partition coefficient (Wildman–Crippen LogP) is 2.19. The summed E-state index contributed by atoms with van der Waals surface area (Å²) in [5.74, 6) is 1.12. The number of sulfonamides is 1. The van der Waals surface area contributed by atoms with Gasteiger partial charge in [-0.05, 0) is 42.2 Å². The van der Waals surface area contributed by atoms with Crippen LogP contribution in [0.1, 0.15) is 23.6 Å². The molecule has 0 fully saturated rings. The minimum Gasteiger partial charge on any atom is -0.486 e. The van der Waals surface area contributed by atoms with Crippen molar-refractivity contribution in [2.45, 2.75) is 32.5 Å². The van der Waals surface area contributed by atoms with E-state index in [1.807, 2.05) is 42.5 Å². The molecule has 0 saturated heterocycles. The molecule has 0 aliphatic carbocycles. The van der Waals surface area contributed by atoms with Crippen LogP contribution in [0.4, 0.5) is 0 Å². The molecule has 4 rings (SSSR count). The van der Waals surface area contributed by atoms with Crippen LogP contribution in [-0.2, 0) is 34.3 Å². The van der Waals surface area contributed by atoms with Crippen molar-refractivity contribution in [3.05, 3.63) is 59.2 Å². The summed E-state index contributed by atoms with van der Waals surface area (Å²) < 4.78 is 38.0. The number of hydrogen-bond donors (Lipinski definition) is 0. The van der Waals surface area contributed by atoms with Crippen LogP contribution in [-0.4, -0.2) is 55.6 Å². The molecule has 8 heteroatoms. The Balaban J connectivity index is 1.57. The number of rotatable bonds is 5. The van der Waals surface area contributed by atoms with Crippen LogP contribution in [0.15, 0.2) is 42.5 Å². The van der Waals surface area contributed by atoms with E-state index in [0.29, 0.717) is 37.7 Å². The van der Waals surface area contributed by atoms with Crippen molar-refractivity contribution in [3.8, 4) is 11.5 Å². The Morgan fingerprint density at radius 1 is 1.10 bits per heavy atom. The van der Waals surface area contributed by atoms with E-state index in [1.54, 1.807) is 18.9 Å². The van der Waals surface area contributed by atoms with Crippen LogP contribution in [0.5, 0.6) is 11.5 Å². The average Bonchev–Trinajstić information content (AvgIpc) is 2.77. The summed E-state index contributed by atoms with van der Waals surface area (Å²) in [6, 6.07) is 12.6. The van der Waals surface area contributed by atoms with Crippen molar-refractivity contribution in [1.82, 2.24) is 9.21 Å². The molecule has 1 atom stereocenters. The summed E-state index contributed by atoms with van der Waals surface area (Å²) in [5.41, 5.74) is 2.87. The fourth-order valence-corrected chi connectivity index (χ4v) is 5.18. The standard InChI is InChI=1S/C22H26N2O5S/c1-3-30(26,27)24-15-18-7-5-4-6-17(18)13-19(24)22(25)23(2)14-16-8-9-20-21(12-16)29-11-10-28-20/h4-9,12,19H,3,10-11,13-15H2,1-2H3. The van der Waals surface area contributed by atoms with Gasteiger partial charge >= 0.3 is 0 Å². The highest BCUT2D eigenvalue weighted by molar-refractivity contribution is 7.89. The van der Waals surface area contributed by atoms with Crippen molar-refractivity contribution in [2.24, 2.45) is 0 Å². The first-order chi connectivity index (χ1) is 14.4. The summed E-state index contributed by atoms with van der Waals surface area (Å²) in [4.78, 5) is 14.9. The van der Waals surface area contributed by atoms with Crippen molar-refractivity contribution >= 4 is 15.9 Å². The molecular formula is C22H26N2O5S. The van der Waals surface area contributed by atoms with E-state index in [1.165, 1.54) is 4.31 Å². The second-order valence-corrected chi connectivity index (χ2v) is 9.82. The van der Waals surface area contributed by atoms with Crippen LogP contribution in [0.25, 0.3) is 0 Å². The molecule has 1 unspecified atom stereocenters. The maximum atomic E-state index is 13.3. The lowest BCUT2D eigenvalue weighted by atomic mass is 9.95. The van der Waals surface area contributed by atoms with Gasteiger partial charge < -0.3 is 14.4 Å². The Hall–Kier alpha value is -2.58. The lowest BCUT2D eigenvalue weighted by molar-refractivity contribution is -0.135. The number of hydrogen-bond acceptors (Lipinski definition) is 5. The van der Waals surface area contributed by atoms with Gasteiger partial charge in [-0.2, -0.15) is 4.31 Å². The van der Waals surface area contributed by atoms with E-state index in [-0.39, 0.29) is 18.2 Å². The van der Waals surface area contributed by atoms with E-state index in [0.717, 1.165) is 16.7 Å². The smallest absolute Gasteiger partial charge is 0.241 e. The molecule has 0 N–H and O–H groups in total. The maximum Gasteiger partial charge on any atom is 0.241 e. The normalized spacial score (nSPS) is 18.5. The van der Waals surface area contributed by atoms with Crippen LogP contribution < -0.4 is 9.47 Å². The van der Waals surface area contributed by atoms with Gasteiger partial charge in [0.2, 0.25) is 15.9 Å². The first kappa shape index (κ1) is 20.7. The van der Waals surface area contributed by atoms with Crippen LogP contribution >= 0.6 is 0 Å². The zero-order valence-electron chi connectivity index (χ0n) is 17.2. The fourth-order valence-electron chi connectivity index (χ4n) is 3.96. The molecule has 0 spiro atoms. The second kappa shape index (κ2) is 8.28. The molecular weight excluding hydrogens is 404 g/mol. The minimum atomic E-state index is -3.53. The molecule has 0 radical (unpaired) electrons. The lowest BCUT2D eigenvalue weighted by Gasteiger charge is -2.36. The number of nitrogens with zero attached hydrogens (tertiary/aromatic N) is 2. The van der Waals surface area contributed by atoms with Gasteiger partial charge in [0.15, 0.2) is 11.5 Å². The third-order valence-corrected chi connectivity index (χ3v) is 7.44. The van der Waals surface area contributed by atoms with Gasteiger partial charge in [0, 0.05) is 20.1 Å². The topological polar surface area (TPSA) is 76.2 Å². The average molecular weight is 431 g/mol. The Morgan fingerprint density at radius 2 is 1.80 bits per heavy atom. The van der Waals surface area contributed by atoms with Gasteiger partial charge in [-0.15, -0.1) is 0 Å². The molecule has 0 bridgehead atoms. The highest BCUT2D eigenvalue weighted by atomic mass is 32.2. The second-order valence-electron chi connectivity index (χ2n) is 7.61. The molecule has 30 heavy (non-hydrogen) atoms. The van der Waals surface area contributed by atoms with Gasteiger partial charge in [0.1, 0.15) is 19.3 Å². The Labute approximate surface area is 177 Å². The number of ether oxygens (including phenoxy) is 2. The van der Waals surface area contributed by atoms with E-state index < -0.39 is 16.1 Å². The molecule has 2 aliphatic rings. The van der Waals surface area contributed by atoms with Gasteiger partial charge in [0.05, 0.1) is 5.75 Å². The zero-order valence-corrected chi connectivity index (χ0v) is 18.0. The third kappa shape index (κ3) is 4.02. The molecule has 2 aromatic rings. The monoisotopic (exact) mass is 430 g/mol. The molecule has 7 nitrogen and oxygen atoms in total. The largest absolute Gasteiger partial charge is 0.486 e. The predicted molar refractivity (Wildman–Crippen MR) is 113 cm³/mol. The molecule has 2 heterocycles. The fraction of sp³-hybridized carbons (Fsp3) is 0.409. The van der Waals surface area contributed by atoms with Crippen LogP contribution in [0.2, 0.25) is 0 Å². The molecule has 0 aromatic heterocycles. The SMILES string of the molecule is CCS(=O)(=O)N1Cc2ccccc2CC1C(=O)N(C)Cc1ccc2c(c1)OCCO2. The zero-order chi connectivity index (χ0) is 21.3. The van der Waals surface area contributed by atoms with Crippen molar-refractivity contribution < 1.29 is 22.7 Å². The highest BCUT2D eigenvalue weighted by Gasteiger charge is 2.39. The van der Waals surface area contributed by atoms with E-state index in [9.17, 15) is 13.2 Å². The quantitative estimate of drug-likeness (QED) is 0.727. The Bertz CT molecular complexity index is 1050. The van der Waals surface area contributed by atoms with E-state index >= 15 is 0 Å². The number of fused-ring (bicyclic) bond motifs is 2. The summed E-state index contributed by atoms with van der Waals surface area (Å²) >= 11 is 0. The first-order valence-electron chi connectivity index (χ1n) is 10.1. The first-order valence-corrected chi connectivity index (χ1v) is 11.7. The molecule has 2 aliphatic heterocycles. The summed E-state index contributed by atoms with van der Waals surface area (Å²) in [7, 11) is -1.82. The molecule has 160 valence electrons. The number of amides is 1. The van der Waals surface area contributed by atoms with Gasteiger partial charge in [-0.1, -0.05) is 30.3 Å². The van der Waals surface area contributed by atoms with E-state index in [4.69, 9.17) is 9.47 Å². The number of benzene rings is 2. The van der Waals surface area contributed by atoms with Crippen LogP contribution in [0, 0.1) is 0 Å². The number of carbonyl (C=O) groups excluding carboxylic acids is 1. The molecule has 2 aromatic carbocycles. The molecule has 1 amide bonds. The Kier molecular flexibility index (Phi) is 5.71. The van der Waals surface area contributed by atoms with Crippen LogP contribution in [0.3, 0.4) is 0 Å². The number of likely N-dealkylation sites (N-methyl/N-ethyl adjacent to an activating group) is 1. The maximum absolute atomic E-state index is 13.3. The third-order valence-electron chi connectivity index (χ3n) is 5.62. The van der Waals surface area contributed by atoms with E-state index in [2.05, 4.69) is 0 Å². The number of carbonyl (C=O) groups is 1. The van der Waals surface area contributed by atoms with Gasteiger partial charge in [-0.3, -0.25) is 4.79 Å². The summed E-state index contributed by atoms with van der Waals surface area (Å²) in [6.45, 7) is 3.21. The minimum absolute atomic E-state index is 0.0369. The van der Waals surface area contributed by atoms with Gasteiger partial charge in [0.25, 0.3) is 0 Å². The van der Waals surface area contributed by atoms with Crippen molar-refractivity contribution in [2.75, 3.05) is 26.0 Å². The molecule has 0 saturated carbocycles. The summed E-state index contributed by atoms with van der Waals surface area (Å²) in [6.07, 6.45) is 0.375. The lowest BCUT2D eigenvalue weighted by Crippen LogP contribution is -2.53. The highest BCUT2D eigenvalue weighted by Crippen LogP contribution is 2.32.